The SMILES string of the molecule is O=C(O)CC[C@@H]1CCCCN1C(=O)Cc1csc(-c2cnccn2)n1. The van der Waals surface area contributed by atoms with E-state index in [1.807, 2.05) is 10.3 Å². The lowest BCUT2D eigenvalue weighted by Crippen LogP contribution is -2.44. The molecule has 0 aromatic carbocycles. The quantitative estimate of drug-likeness (QED) is 0.850. The van der Waals surface area contributed by atoms with E-state index in [9.17, 15) is 9.59 Å². The topological polar surface area (TPSA) is 96.3 Å². The van der Waals surface area contributed by atoms with Crippen LogP contribution in [0.4, 0.5) is 0 Å². The molecule has 1 amide bonds. The minimum absolute atomic E-state index is 0.0195. The Morgan fingerprint density at radius 2 is 2.20 bits per heavy atom. The average molecular weight is 360 g/mol. The first-order valence-electron chi connectivity index (χ1n) is 8.35. The van der Waals surface area contributed by atoms with Gasteiger partial charge in [-0.2, -0.15) is 0 Å². The van der Waals surface area contributed by atoms with Crippen LogP contribution in [0.15, 0.2) is 24.0 Å². The molecule has 0 unspecified atom stereocenters. The highest BCUT2D eigenvalue weighted by molar-refractivity contribution is 7.13. The minimum Gasteiger partial charge on any atom is -0.481 e. The third kappa shape index (κ3) is 4.60. The van der Waals surface area contributed by atoms with Gasteiger partial charge in [-0.1, -0.05) is 0 Å². The minimum atomic E-state index is -0.814. The van der Waals surface area contributed by atoms with Gasteiger partial charge in [-0.3, -0.25) is 19.6 Å². The maximum atomic E-state index is 12.7. The second-order valence-electron chi connectivity index (χ2n) is 6.08. The van der Waals surface area contributed by atoms with Gasteiger partial charge < -0.3 is 10.0 Å². The Bertz CT molecular complexity index is 735. The zero-order valence-corrected chi connectivity index (χ0v) is 14.6. The maximum Gasteiger partial charge on any atom is 0.303 e. The molecule has 2 aromatic rings. The van der Waals surface area contributed by atoms with Crippen molar-refractivity contribution in [2.75, 3.05) is 6.54 Å². The molecule has 1 atom stereocenters. The molecule has 1 N–H and O–H groups in total. The number of likely N-dealkylation sites (tertiary alicyclic amines) is 1. The van der Waals surface area contributed by atoms with Gasteiger partial charge in [0.1, 0.15) is 10.7 Å². The van der Waals surface area contributed by atoms with E-state index in [1.54, 1.807) is 18.6 Å². The average Bonchev–Trinajstić information content (AvgIpc) is 3.09. The van der Waals surface area contributed by atoms with Gasteiger partial charge in [0, 0.05) is 36.8 Å². The van der Waals surface area contributed by atoms with Crippen LogP contribution in [0.2, 0.25) is 0 Å². The van der Waals surface area contributed by atoms with Crippen LogP contribution < -0.4 is 0 Å². The first-order valence-corrected chi connectivity index (χ1v) is 9.23. The van der Waals surface area contributed by atoms with Crippen molar-refractivity contribution in [3.63, 3.8) is 0 Å². The van der Waals surface area contributed by atoms with Gasteiger partial charge in [-0.05, 0) is 25.7 Å². The van der Waals surface area contributed by atoms with Crippen LogP contribution in [0.3, 0.4) is 0 Å². The second kappa shape index (κ2) is 8.15. The van der Waals surface area contributed by atoms with Gasteiger partial charge in [0.25, 0.3) is 0 Å². The van der Waals surface area contributed by atoms with Crippen molar-refractivity contribution in [2.24, 2.45) is 0 Å². The number of carboxylic acid groups (broad SMARTS) is 1. The Labute approximate surface area is 149 Å². The molecule has 0 bridgehead atoms. The predicted octanol–water partition coefficient (Wildman–Crippen LogP) is 2.39. The monoisotopic (exact) mass is 360 g/mol. The first-order chi connectivity index (χ1) is 12.1. The van der Waals surface area contributed by atoms with Crippen LogP contribution >= 0.6 is 11.3 Å². The van der Waals surface area contributed by atoms with E-state index >= 15 is 0 Å². The lowest BCUT2D eigenvalue weighted by Gasteiger charge is -2.35. The van der Waals surface area contributed by atoms with Gasteiger partial charge in [0.05, 0.1) is 18.3 Å². The molecule has 0 aliphatic carbocycles. The second-order valence-corrected chi connectivity index (χ2v) is 6.94. The summed E-state index contributed by atoms with van der Waals surface area (Å²) >= 11 is 1.44. The van der Waals surface area contributed by atoms with Crippen LogP contribution in [0.5, 0.6) is 0 Å². The standard InChI is InChI=1S/C17H20N4O3S/c22-15(21-8-2-1-3-13(21)4-5-16(23)24)9-12-11-25-17(20-12)14-10-18-6-7-19-14/h6-7,10-11,13H,1-5,8-9H2,(H,23,24)/t13-/m0/s1. The van der Waals surface area contributed by atoms with Gasteiger partial charge >= 0.3 is 5.97 Å². The Balaban J connectivity index is 1.64. The number of hydrogen-bond donors (Lipinski definition) is 1. The zero-order chi connectivity index (χ0) is 17.6. The molecule has 1 saturated heterocycles. The number of piperidine rings is 1. The van der Waals surface area contributed by atoms with E-state index in [4.69, 9.17) is 5.11 Å². The fraction of sp³-hybridized carbons (Fsp3) is 0.471. The smallest absolute Gasteiger partial charge is 0.303 e. The molecule has 25 heavy (non-hydrogen) atoms. The van der Waals surface area contributed by atoms with Crippen molar-refractivity contribution >= 4 is 23.2 Å². The van der Waals surface area contributed by atoms with Crippen molar-refractivity contribution in [1.29, 1.82) is 0 Å². The molecule has 1 aliphatic heterocycles. The van der Waals surface area contributed by atoms with Gasteiger partial charge in [-0.15, -0.1) is 11.3 Å². The summed E-state index contributed by atoms with van der Waals surface area (Å²) in [7, 11) is 0. The number of nitrogens with zero attached hydrogens (tertiary/aromatic N) is 4. The highest BCUT2D eigenvalue weighted by atomic mass is 32.1. The highest BCUT2D eigenvalue weighted by Crippen LogP contribution is 2.24. The summed E-state index contributed by atoms with van der Waals surface area (Å²) in [5.74, 6) is -0.794. The molecule has 1 fully saturated rings. The maximum absolute atomic E-state index is 12.7. The fourth-order valence-electron chi connectivity index (χ4n) is 3.09. The first kappa shape index (κ1) is 17.5. The largest absolute Gasteiger partial charge is 0.481 e. The summed E-state index contributed by atoms with van der Waals surface area (Å²) in [6, 6.07) is 0.0236. The molecular weight excluding hydrogens is 340 g/mol. The number of aromatic nitrogens is 3. The van der Waals surface area contributed by atoms with E-state index in [-0.39, 0.29) is 24.8 Å². The van der Waals surface area contributed by atoms with Crippen molar-refractivity contribution in [2.45, 2.75) is 44.6 Å². The van der Waals surface area contributed by atoms with E-state index in [0.717, 1.165) is 30.0 Å². The Morgan fingerprint density at radius 1 is 1.32 bits per heavy atom. The Hall–Kier alpha value is -2.35. The van der Waals surface area contributed by atoms with Crippen molar-refractivity contribution in [3.8, 4) is 10.7 Å². The van der Waals surface area contributed by atoms with Crippen LogP contribution in [0.1, 0.15) is 37.8 Å². The number of amides is 1. The van der Waals surface area contributed by atoms with Crippen LogP contribution in [-0.4, -0.2) is 49.4 Å². The number of thiazole rings is 1. The number of carbonyl (C=O) groups is 2. The van der Waals surface area contributed by atoms with Crippen LogP contribution in [-0.2, 0) is 16.0 Å². The molecule has 3 heterocycles. The van der Waals surface area contributed by atoms with Gasteiger partial charge in [0.2, 0.25) is 5.91 Å². The fourth-order valence-corrected chi connectivity index (χ4v) is 3.87. The number of carboxylic acids is 1. The van der Waals surface area contributed by atoms with Crippen molar-refractivity contribution in [1.82, 2.24) is 19.9 Å². The normalized spacial score (nSPS) is 17.4. The predicted molar refractivity (Wildman–Crippen MR) is 93.1 cm³/mol. The van der Waals surface area contributed by atoms with Crippen molar-refractivity contribution < 1.29 is 14.7 Å². The summed E-state index contributed by atoms with van der Waals surface area (Å²) in [5, 5.41) is 11.5. The lowest BCUT2D eigenvalue weighted by atomic mass is 9.97. The van der Waals surface area contributed by atoms with E-state index in [2.05, 4.69) is 15.0 Å². The zero-order valence-electron chi connectivity index (χ0n) is 13.8. The Morgan fingerprint density at radius 3 is 2.96 bits per heavy atom. The van der Waals surface area contributed by atoms with Gasteiger partial charge in [0.15, 0.2) is 0 Å². The molecule has 8 heteroatoms. The molecule has 0 spiro atoms. The number of carbonyl (C=O) groups excluding carboxylic acids is 1. The van der Waals surface area contributed by atoms with E-state index < -0.39 is 5.97 Å². The number of rotatable bonds is 6. The molecule has 0 saturated carbocycles. The third-order valence-corrected chi connectivity index (χ3v) is 5.22. The van der Waals surface area contributed by atoms with Crippen molar-refractivity contribution in [3.05, 3.63) is 29.7 Å². The summed E-state index contributed by atoms with van der Waals surface area (Å²) < 4.78 is 0. The highest BCUT2D eigenvalue weighted by Gasteiger charge is 2.27. The lowest BCUT2D eigenvalue weighted by molar-refractivity contribution is -0.139. The third-order valence-electron chi connectivity index (χ3n) is 4.31. The van der Waals surface area contributed by atoms with Crippen LogP contribution in [0.25, 0.3) is 10.7 Å². The molecule has 132 valence electrons. The molecule has 3 rings (SSSR count). The molecule has 0 radical (unpaired) electrons. The summed E-state index contributed by atoms with van der Waals surface area (Å²) in [4.78, 5) is 38.1. The molecular formula is C17H20N4O3S. The summed E-state index contributed by atoms with van der Waals surface area (Å²) in [6.07, 6.45) is 8.61. The molecule has 2 aromatic heterocycles. The number of aliphatic carboxylic acids is 1. The Kier molecular flexibility index (Phi) is 5.70. The van der Waals surface area contributed by atoms with Crippen LogP contribution in [0, 0.1) is 0 Å². The number of hydrogen-bond acceptors (Lipinski definition) is 6. The summed E-state index contributed by atoms with van der Waals surface area (Å²) in [5.41, 5.74) is 1.42. The summed E-state index contributed by atoms with van der Waals surface area (Å²) in [6.45, 7) is 0.699. The van der Waals surface area contributed by atoms with E-state index in [0.29, 0.717) is 18.7 Å². The molecule has 1 aliphatic rings. The molecule has 7 nitrogen and oxygen atoms in total. The van der Waals surface area contributed by atoms with Gasteiger partial charge in [-0.25, -0.2) is 4.98 Å². The van der Waals surface area contributed by atoms with E-state index in [1.165, 1.54) is 11.3 Å².